The Morgan fingerprint density at radius 1 is 1.19 bits per heavy atom. The Labute approximate surface area is 125 Å². The monoisotopic (exact) mass is 302 g/mol. The van der Waals surface area contributed by atoms with Gasteiger partial charge in [-0.25, -0.2) is 19.4 Å². The first-order valence-corrected chi connectivity index (χ1v) is 7.24. The van der Waals surface area contributed by atoms with E-state index < -0.39 is 5.97 Å². The molecule has 3 aromatic rings. The predicted molar refractivity (Wildman–Crippen MR) is 80.4 cm³/mol. The molecule has 1 N–H and O–H groups in total. The summed E-state index contributed by atoms with van der Waals surface area (Å²) < 4.78 is 1.76. The van der Waals surface area contributed by atoms with Gasteiger partial charge in [0.2, 0.25) is 0 Å². The molecular weight excluding hydrogens is 288 g/mol. The summed E-state index contributed by atoms with van der Waals surface area (Å²) in [6.45, 7) is 7.72. The first-order valence-electron chi connectivity index (χ1n) is 6.42. The second-order valence-corrected chi connectivity index (χ2v) is 5.95. The van der Waals surface area contributed by atoms with Crippen molar-refractivity contribution >= 4 is 27.5 Å². The molecule has 21 heavy (non-hydrogen) atoms. The zero-order chi connectivity index (χ0) is 15.3. The summed E-state index contributed by atoms with van der Waals surface area (Å²) in [5.41, 5.74) is 3.72. The number of aryl methyl sites for hydroxylation is 2. The zero-order valence-electron chi connectivity index (χ0n) is 12.1. The number of thiophene rings is 1. The van der Waals surface area contributed by atoms with Crippen LogP contribution in [0.3, 0.4) is 0 Å². The third kappa shape index (κ3) is 1.92. The lowest BCUT2D eigenvalue weighted by molar-refractivity contribution is 0.0701. The van der Waals surface area contributed by atoms with Crippen LogP contribution in [0.4, 0.5) is 0 Å². The standard InChI is InChI=1S/C14H14N4O2S/c1-6-8(3)17-18(9(6)4)12-10-7(2)11(14(19)20)21-13(10)16-5-15-12/h5H,1-4H3,(H,19,20). The summed E-state index contributed by atoms with van der Waals surface area (Å²) in [6.07, 6.45) is 1.45. The van der Waals surface area contributed by atoms with Gasteiger partial charge in [-0.3, -0.25) is 0 Å². The van der Waals surface area contributed by atoms with Gasteiger partial charge in [0.25, 0.3) is 0 Å². The average molecular weight is 302 g/mol. The fourth-order valence-corrected chi connectivity index (χ4v) is 3.33. The minimum absolute atomic E-state index is 0.296. The summed E-state index contributed by atoms with van der Waals surface area (Å²) in [5.74, 6) is -0.305. The second-order valence-electron chi connectivity index (χ2n) is 4.95. The molecular formula is C14H14N4O2S. The van der Waals surface area contributed by atoms with Gasteiger partial charge in [0.15, 0.2) is 5.82 Å². The lowest BCUT2D eigenvalue weighted by Crippen LogP contribution is -2.04. The molecule has 3 heterocycles. The number of nitrogens with zero attached hydrogens (tertiary/aromatic N) is 4. The molecule has 108 valence electrons. The average Bonchev–Trinajstić information content (AvgIpc) is 2.92. The van der Waals surface area contributed by atoms with Crippen LogP contribution >= 0.6 is 11.3 Å². The van der Waals surface area contributed by atoms with Crippen LogP contribution in [-0.4, -0.2) is 30.8 Å². The van der Waals surface area contributed by atoms with Crippen molar-refractivity contribution in [3.8, 4) is 5.82 Å². The third-order valence-electron chi connectivity index (χ3n) is 3.75. The van der Waals surface area contributed by atoms with Gasteiger partial charge in [-0.2, -0.15) is 5.10 Å². The molecule has 0 saturated carbocycles. The first kappa shape index (κ1) is 13.7. The van der Waals surface area contributed by atoms with Crippen LogP contribution in [0.15, 0.2) is 6.33 Å². The third-order valence-corrected chi connectivity index (χ3v) is 4.94. The van der Waals surface area contributed by atoms with Crippen molar-refractivity contribution in [1.29, 1.82) is 0 Å². The number of aromatic nitrogens is 4. The number of hydrogen-bond donors (Lipinski definition) is 1. The van der Waals surface area contributed by atoms with Crippen LogP contribution in [0.25, 0.3) is 16.0 Å². The summed E-state index contributed by atoms with van der Waals surface area (Å²) in [7, 11) is 0. The second kappa shape index (κ2) is 4.63. The predicted octanol–water partition coefficient (Wildman–Crippen LogP) is 2.81. The van der Waals surface area contributed by atoms with E-state index in [-0.39, 0.29) is 0 Å². The van der Waals surface area contributed by atoms with Crippen molar-refractivity contribution in [2.24, 2.45) is 0 Å². The molecule has 0 radical (unpaired) electrons. The fourth-order valence-electron chi connectivity index (χ4n) is 2.34. The minimum atomic E-state index is -0.939. The molecule has 0 aliphatic rings. The van der Waals surface area contributed by atoms with Crippen LogP contribution in [0.2, 0.25) is 0 Å². The number of carboxylic acids is 1. The lowest BCUT2D eigenvalue weighted by Gasteiger charge is -2.05. The van der Waals surface area contributed by atoms with E-state index in [0.29, 0.717) is 21.1 Å². The fraction of sp³-hybridized carbons (Fsp3) is 0.286. The molecule has 0 amide bonds. The van der Waals surface area contributed by atoms with Gasteiger partial charge in [-0.1, -0.05) is 0 Å². The van der Waals surface area contributed by atoms with Crippen molar-refractivity contribution in [2.75, 3.05) is 0 Å². The number of rotatable bonds is 2. The van der Waals surface area contributed by atoms with Crippen LogP contribution in [0.5, 0.6) is 0 Å². The molecule has 3 rings (SSSR count). The normalized spacial score (nSPS) is 11.2. The molecule has 0 aliphatic carbocycles. The topological polar surface area (TPSA) is 80.9 Å². The first-order chi connectivity index (χ1) is 9.91. The van der Waals surface area contributed by atoms with E-state index in [9.17, 15) is 9.90 Å². The van der Waals surface area contributed by atoms with Gasteiger partial charge in [0.1, 0.15) is 16.0 Å². The summed E-state index contributed by atoms with van der Waals surface area (Å²) in [5, 5.41) is 14.5. The van der Waals surface area contributed by atoms with Gasteiger partial charge >= 0.3 is 5.97 Å². The largest absolute Gasteiger partial charge is 0.477 e. The van der Waals surface area contributed by atoms with Gasteiger partial charge in [-0.05, 0) is 38.8 Å². The number of hydrogen-bond acceptors (Lipinski definition) is 5. The van der Waals surface area contributed by atoms with Crippen LogP contribution in [0.1, 0.15) is 32.2 Å². The van der Waals surface area contributed by atoms with Gasteiger partial charge in [0.05, 0.1) is 11.1 Å². The van der Waals surface area contributed by atoms with Crippen LogP contribution < -0.4 is 0 Å². The van der Waals surface area contributed by atoms with E-state index in [1.165, 1.54) is 17.7 Å². The van der Waals surface area contributed by atoms with Gasteiger partial charge in [0, 0.05) is 5.69 Å². The molecule has 0 fully saturated rings. The Morgan fingerprint density at radius 3 is 2.48 bits per heavy atom. The maximum Gasteiger partial charge on any atom is 0.346 e. The highest BCUT2D eigenvalue weighted by Crippen LogP contribution is 2.33. The number of aromatic carboxylic acids is 1. The van der Waals surface area contributed by atoms with E-state index in [1.807, 2.05) is 20.8 Å². The Hall–Kier alpha value is -2.28. The number of fused-ring (bicyclic) bond motifs is 1. The highest BCUT2D eigenvalue weighted by molar-refractivity contribution is 7.20. The number of carboxylic acid groups (broad SMARTS) is 1. The molecule has 0 aromatic carbocycles. The molecule has 0 atom stereocenters. The van der Waals surface area contributed by atoms with Crippen molar-refractivity contribution in [3.63, 3.8) is 0 Å². The summed E-state index contributed by atoms with van der Waals surface area (Å²) in [4.78, 5) is 20.8. The highest BCUT2D eigenvalue weighted by Gasteiger charge is 2.21. The Bertz CT molecular complexity index is 879. The van der Waals surface area contributed by atoms with E-state index in [1.54, 1.807) is 11.6 Å². The molecule has 6 nitrogen and oxygen atoms in total. The maximum absolute atomic E-state index is 11.3. The zero-order valence-corrected chi connectivity index (χ0v) is 12.9. The molecule has 0 unspecified atom stereocenters. The minimum Gasteiger partial charge on any atom is -0.477 e. The smallest absolute Gasteiger partial charge is 0.346 e. The molecule has 0 saturated heterocycles. The van der Waals surface area contributed by atoms with E-state index in [4.69, 9.17) is 0 Å². The van der Waals surface area contributed by atoms with Crippen molar-refractivity contribution in [2.45, 2.75) is 27.7 Å². The summed E-state index contributed by atoms with van der Waals surface area (Å²) in [6, 6.07) is 0. The molecule has 0 aliphatic heterocycles. The van der Waals surface area contributed by atoms with Crippen molar-refractivity contribution in [1.82, 2.24) is 19.7 Å². The van der Waals surface area contributed by atoms with Crippen LogP contribution in [0, 0.1) is 27.7 Å². The van der Waals surface area contributed by atoms with Crippen LogP contribution in [-0.2, 0) is 0 Å². The van der Waals surface area contributed by atoms with Gasteiger partial charge in [-0.15, -0.1) is 11.3 Å². The van der Waals surface area contributed by atoms with E-state index in [2.05, 4.69) is 15.1 Å². The van der Waals surface area contributed by atoms with E-state index >= 15 is 0 Å². The SMILES string of the molecule is Cc1nn(-c2ncnc3sc(C(=O)O)c(C)c23)c(C)c1C. The molecule has 3 aromatic heterocycles. The summed E-state index contributed by atoms with van der Waals surface area (Å²) >= 11 is 1.17. The Morgan fingerprint density at radius 2 is 1.90 bits per heavy atom. The lowest BCUT2D eigenvalue weighted by atomic mass is 10.2. The Balaban J connectivity index is 2.38. The van der Waals surface area contributed by atoms with Crippen molar-refractivity contribution < 1.29 is 9.90 Å². The molecule has 0 bridgehead atoms. The number of carbonyl (C=O) groups is 1. The quantitative estimate of drug-likeness (QED) is 0.787. The van der Waals surface area contributed by atoms with E-state index in [0.717, 1.165) is 22.3 Å². The molecule has 7 heteroatoms. The Kier molecular flexibility index (Phi) is 3.02. The van der Waals surface area contributed by atoms with Gasteiger partial charge < -0.3 is 5.11 Å². The maximum atomic E-state index is 11.3. The van der Waals surface area contributed by atoms with Crippen molar-refractivity contribution in [3.05, 3.63) is 33.7 Å². The highest BCUT2D eigenvalue weighted by atomic mass is 32.1. The molecule has 0 spiro atoms.